The number of aromatic nitrogens is 2. The molecule has 0 radical (unpaired) electrons. The average Bonchev–Trinajstić information content (AvgIpc) is 2.92. The van der Waals surface area contributed by atoms with Crippen molar-refractivity contribution in [3.05, 3.63) is 60.9 Å². The molecule has 3 aromatic rings. The van der Waals surface area contributed by atoms with Gasteiger partial charge in [0, 0.05) is 4.47 Å². The van der Waals surface area contributed by atoms with Crippen LogP contribution in [0.5, 0.6) is 0 Å². The molecular formula is C18H15BrN2O3S. The number of hydrogen-bond acceptors (Lipinski definition) is 5. The van der Waals surface area contributed by atoms with Gasteiger partial charge in [0.05, 0.1) is 12.0 Å². The van der Waals surface area contributed by atoms with Gasteiger partial charge in [0.2, 0.25) is 0 Å². The maximum atomic E-state index is 12.4. The lowest BCUT2D eigenvalue weighted by molar-refractivity contribution is 0.0531. The minimum Gasteiger partial charge on any atom is -0.462 e. The minimum atomic E-state index is -0.423. The Kier molecular flexibility index (Phi) is 5.15. The Balaban J connectivity index is 2.03. The summed E-state index contributed by atoms with van der Waals surface area (Å²) < 4.78 is 5.99. The van der Waals surface area contributed by atoms with Gasteiger partial charge in [-0.05, 0) is 37.1 Å². The third-order valence-corrected chi connectivity index (χ3v) is 5.49. The van der Waals surface area contributed by atoms with Crippen LogP contribution in [0, 0.1) is 6.92 Å². The van der Waals surface area contributed by atoms with Gasteiger partial charge < -0.3 is 9.72 Å². The van der Waals surface area contributed by atoms with Crippen LogP contribution in [0.3, 0.4) is 0 Å². The number of carbonyl (C=O) groups excluding carboxylic acids is 1. The van der Waals surface area contributed by atoms with Crippen molar-refractivity contribution in [2.24, 2.45) is 0 Å². The lowest BCUT2D eigenvalue weighted by Gasteiger charge is -1.99. The molecule has 0 amide bonds. The molecule has 0 aliphatic carbocycles. The predicted molar refractivity (Wildman–Crippen MR) is 104 cm³/mol. The normalized spacial score (nSPS) is 11.3. The smallest absolute Gasteiger partial charge is 0.348 e. The van der Waals surface area contributed by atoms with Crippen molar-refractivity contribution in [2.45, 2.75) is 13.8 Å². The highest BCUT2D eigenvalue weighted by Crippen LogP contribution is 2.28. The summed E-state index contributed by atoms with van der Waals surface area (Å²) in [6.07, 6.45) is 3.60. The number of carbonyl (C=O) groups is 1. The van der Waals surface area contributed by atoms with Gasteiger partial charge in [-0.2, -0.15) is 0 Å². The fourth-order valence-corrected chi connectivity index (χ4v) is 3.91. The number of H-pyrrole nitrogens is 1. The van der Waals surface area contributed by atoms with Crippen LogP contribution >= 0.6 is 27.3 Å². The molecule has 0 aliphatic heterocycles. The Labute approximate surface area is 156 Å². The van der Waals surface area contributed by atoms with E-state index in [-0.39, 0.29) is 12.2 Å². The number of esters is 1. The summed E-state index contributed by atoms with van der Waals surface area (Å²) in [4.78, 5) is 32.6. The summed E-state index contributed by atoms with van der Waals surface area (Å²) in [6, 6.07) is 7.75. The highest BCUT2D eigenvalue weighted by Gasteiger charge is 2.19. The molecule has 128 valence electrons. The van der Waals surface area contributed by atoms with Gasteiger partial charge >= 0.3 is 5.97 Å². The van der Waals surface area contributed by atoms with Crippen LogP contribution in [0.15, 0.2) is 33.5 Å². The first-order valence-electron chi connectivity index (χ1n) is 7.64. The highest BCUT2D eigenvalue weighted by molar-refractivity contribution is 9.10. The Morgan fingerprint density at radius 3 is 2.84 bits per heavy atom. The van der Waals surface area contributed by atoms with Gasteiger partial charge in [-0.1, -0.05) is 40.2 Å². The highest BCUT2D eigenvalue weighted by atomic mass is 79.9. The van der Waals surface area contributed by atoms with Crippen LogP contribution in [0.25, 0.3) is 22.4 Å². The molecule has 0 bridgehead atoms. The van der Waals surface area contributed by atoms with E-state index in [2.05, 4.69) is 25.9 Å². The predicted octanol–water partition coefficient (Wildman–Crippen LogP) is 4.40. The van der Waals surface area contributed by atoms with Gasteiger partial charge in [0.1, 0.15) is 15.5 Å². The van der Waals surface area contributed by atoms with Crippen LogP contribution in [-0.4, -0.2) is 22.5 Å². The van der Waals surface area contributed by atoms with Crippen LogP contribution in [0.1, 0.15) is 33.5 Å². The summed E-state index contributed by atoms with van der Waals surface area (Å²) in [5.74, 6) is 0.0117. The standard InChI is InChI=1S/C18H15BrN2O3S/c1-3-24-18(23)15-10(2)14-16(22)20-13(21-17(14)25-15)9-8-11-6-4-5-7-12(11)19/h4-9H,3H2,1-2H3,(H,20,21,22). The number of benzene rings is 1. The van der Waals surface area contributed by atoms with Gasteiger partial charge in [-0.15, -0.1) is 11.3 Å². The van der Waals surface area contributed by atoms with E-state index in [0.717, 1.165) is 10.0 Å². The third-order valence-electron chi connectivity index (χ3n) is 3.61. The summed E-state index contributed by atoms with van der Waals surface area (Å²) in [7, 11) is 0. The second kappa shape index (κ2) is 7.33. The maximum Gasteiger partial charge on any atom is 0.348 e. The van der Waals surface area contributed by atoms with E-state index in [1.54, 1.807) is 19.9 Å². The monoisotopic (exact) mass is 418 g/mol. The molecule has 25 heavy (non-hydrogen) atoms. The fraction of sp³-hybridized carbons (Fsp3) is 0.167. The second-order valence-electron chi connectivity index (χ2n) is 5.26. The van der Waals surface area contributed by atoms with E-state index in [1.807, 2.05) is 30.3 Å². The first-order chi connectivity index (χ1) is 12.0. The molecule has 0 atom stereocenters. The molecule has 7 heteroatoms. The van der Waals surface area contributed by atoms with Crippen LogP contribution in [-0.2, 0) is 4.74 Å². The molecule has 1 aromatic carbocycles. The molecule has 3 rings (SSSR count). The Bertz CT molecular complexity index is 1040. The fourth-order valence-electron chi connectivity index (χ4n) is 2.41. The van der Waals surface area contributed by atoms with E-state index in [0.29, 0.717) is 26.5 Å². The summed E-state index contributed by atoms with van der Waals surface area (Å²) in [5.41, 5.74) is 1.31. The number of hydrogen-bond donors (Lipinski definition) is 1. The van der Waals surface area contributed by atoms with Crippen molar-refractivity contribution in [1.29, 1.82) is 0 Å². The van der Waals surface area contributed by atoms with Crippen molar-refractivity contribution in [3.63, 3.8) is 0 Å². The first kappa shape index (κ1) is 17.6. The quantitative estimate of drug-likeness (QED) is 0.637. The van der Waals surface area contributed by atoms with Gasteiger partial charge in [0.15, 0.2) is 0 Å². The van der Waals surface area contributed by atoms with Crippen LogP contribution in [0.4, 0.5) is 0 Å². The molecule has 0 saturated carbocycles. The second-order valence-corrected chi connectivity index (χ2v) is 7.12. The molecule has 1 N–H and O–H groups in total. The van der Waals surface area contributed by atoms with Crippen molar-refractivity contribution < 1.29 is 9.53 Å². The van der Waals surface area contributed by atoms with Gasteiger partial charge in [-0.3, -0.25) is 4.79 Å². The van der Waals surface area contributed by atoms with Crippen molar-refractivity contribution in [3.8, 4) is 0 Å². The molecule has 0 fully saturated rings. The first-order valence-corrected chi connectivity index (χ1v) is 9.25. The summed E-state index contributed by atoms with van der Waals surface area (Å²) in [5, 5.41) is 0.436. The number of aryl methyl sites for hydroxylation is 1. The number of aromatic amines is 1. The molecule has 5 nitrogen and oxygen atoms in total. The number of nitrogens with one attached hydrogen (secondary N) is 1. The van der Waals surface area contributed by atoms with E-state index in [9.17, 15) is 9.59 Å². The summed E-state index contributed by atoms with van der Waals surface area (Å²) in [6.45, 7) is 3.77. The van der Waals surface area contributed by atoms with E-state index >= 15 is 0 Å². The zero-order valence-corrected chi connectivity index (χ0v) is 16.0. The van der Waals surface area contributed by atoms with Crippen LogP contribution < -0.4 is 5.56 Å². The Morgan fingerprint density at radius 2 is 2.12 bits per heavy atom. The molecular weight excluding hydrogens is 404 g/mol. The van der Waals surface area contributed by atoms with E-state index in [4.69, 9.17) is 4.74 Å². The zero-order valence-electron chi connectivity index (χ0n) is 13.6. The Hall–Kier alpha value is -2.25. The maximum absolute atomic E-state index is 12.4. The van der Waals surface area contributed by atoms with E-state index < -0.39 is 5.97 Å². The largest absolute Gasteiger partial charge is 0.462 e. The summed E-state index contributed by atoms with van der Waals surface area (Å²) >= 11 is 4.65. The van der Waals surface area contributed by atoms with Crippen molar-refractivity contribution >= 4 is 55.6 Å². The number of rotatable bonds is 4. The number of halogens is 1. The van der Waals surface area contributed by atoms with Crippen molar-refractivity contribution in [1.82, 2.24) is 9.97 Å². The molecule has 0 saturated heterocycles. The number of thiophene rings is 1. The Morgan fingerprint density at radius 1 is 1.36 bits per heavy atom. The van der Waals surface area contributed by atoms with Crippen LogP contribution in [0.2, 0.25) is 0 Å². The molecule has 0 spiro atoms. The minimum absolute atomic E-state index is 0.263. The molecule has 2 aromatic heterocycles. The number of fused-ring (bicyclic) bond motifs is 1. The third kappa shape index (κ3) is 3.57. The average molecular weight is 419 g/mol. The lowest BCUT2D eigenvalue weighted by Crippen LogP contribution is -2.10. The van der Waals surface area contributed by atoms with E-state index in [1.165, 1.54) is 11.3 Å². The van der Waals surface area contributed by atoms with Gasteiger partial charge in [-0.25, -0.2) is 9.78 Å². The lowest BCUT2D eigenvalue weighted by atomic mass is 10.2. The van der Waals surface area contributed by atoms with Gasteiger partial charge in [0.25, 0.3) is 5.56 Å². The topological polar surface area (TPSA) is 72.0 Å². The molecule has 0 unspecified atom stereocenters. The number of nitrogens with zero attached hydrogens (tertiary/aromatic N) is 1. The molecule has 0 aliphatic rings. The molecule has 2 heterocycles. The number of ether oxygens (including phenoxy) is 1. The SMILES string of the molecule is CCOC(=O)c1sc2nc(C=Cc3ccccc3Br)[nH]c(=O)c2c1C. The van der Waals surface area contributed by atoms with Crippen molar-refractivity contribution in [2.75, 3.05) is 6.61 Å². The zero-order chi connectivity index (χ0) is 18.0.